The third kappa shape index (κ3) is 3.14. The van der Waals surface area contributed by atoms with Gasteiger partial charge in [0, 0.05) is 17.1 Å². The minimum atomic E-state index is 0.448. The van der Waals surface area contributed by atoms with Gasteiger partial charge in [-0.2, -0.15) is 0 Å². The highest BCUT2D eigenvalue weighted by molar-refractivity contribution is 9.10. The molecule has 0 aliphatic carbocycles. The molecule has 90 valence electrons. The van der Waals surface area contributed by atoms with Crippen molar-refractivity contribution in [2.24, 2.45) is 0 Å². The van der Waals surface area contributed by atoms with E-state index in [4.69, 9.17) is 0 Å². The van der Waals surface area contributed by atoms with Gasteiger partial charge in [-0.25, -0.2) is 4.68 Å². The summed E-state index contributed by atoms with van der Waals surface area (Å²) >= 11 is 3.50. The van der Waals surface area contributed by atoms with E-state index in [-0.39, 0.29) is 0 Å². The molecule has 0 spiro atoms. The molecule has 0 radical (unpaired) electrons. The van der Waals surface area contributed by atoms with Crippen LogP contribution in [0.3, 0.4) is 0 Å². The maximum absolute atomic E-state index is 4.14. The van der Waals surface area contributed by atoms with Gasteiger partial charge in [0.25, 0.3) is 0 Å². The van der Waals surface area contributed by atoms with E-state index >= 15 is 0 Å². The average molecular weight is 295 g/mol. The highest BCUT2D eigenvalue weighted by Crippen LogP contribution is 2.19. The standard InChI is InChI=1S/C12H15BrN4/c1-9(2)14-7-10-8-17(16-15-10)12-6-4-3-5-11(12)13/h3-6,8-9,14H,7H2,1-2H3. The number of nitrogens with zero attached hydrogens (tertiary/aromatic N) is 3. The lowest BCUT2D eigenvalue weighted by Crippen LogP contribution is -2.21. The Bertz CT molecular complexity index is 493. The first-order valence-electron chi connectivity index (χ1n) is 5.56. The van der Waals surface area contributed by atoms with Crippen molar-refractivity contribution in [3.63, 3.8) is 0 Å². The molecule has 0 aliphatic rings. The predicted molar refractivity (Wildman–Crippen MR) is 71.0 cm³/mol. The smallest absolute Gasteiger partial charge is 0.0969 e. The topological polar surface area (TPSA) is 42.7 Å². The van der Waals surface area contributed by atoms with Crippen molar-refractivity contribution in [3.8, 4) is 5.69 Å². The molecule has 0 aliphatic heterocycles. The van der Waals surface area contributed by atoms with E-state index in [2.05, 4.69) is 45.4 Å². The van der Waals surface area contributed by atoms with Crippen LogP contribution in [0.15, 0.2) is 34.9 Å². The molecule has 1 aromatic carbocycles. The van der Waals surface area contributed by atoms with Gasteiger partial charge in [0.2, 0.25) is 0 Å². The van der Waals surface area contributed by atoms with Crippen LogP contribution < -0.4 is 5.32 Å². The lowest BCUT2D eigenvalue weighted by atomic mass is 10.3. The van der Waals surface area contributed by atoms with Gasteiger partial charge < -0.3 is 5.32 Å². The van der Waals surface area contributed by atoms with Crippen molar-refractivity contribution >= 4 is 15.9 Å². The van der Waals surface area contributed by atoms with Crippen molar-refractivity contribution < 1.29 is 0 Å². The number of para-hydroxylation sites is 1. The number of hydrogen-bond donors (Lipinski definition) is 1. The summed E-state index contributed by atoms with van der Waals surface area (Å²) in [5.41, 5.74) is 1.94. The van der Waals surface area contributed by atoms with Gasteiger partial charge >= 0.3 is 0 Å². The van der Waals surface area contributed by atoms with E-state index in [0.717, 1.165) is 22.4 Å². The second kappa shape index (κ2) is 5.42. The number of halogens is 1. The quantitative estimate of drug-likeness (QED) is 0.942. The van der Waals surface area contributed by atoms with E-state index < -0.39 is 0 Å². The first-order chi connectivity index (χ1) is 8.16. The molecule has 4 nitrogen and oxygen atoms in total. The van der Waals surface area contributed by atoms with Crippen LogP contribution in [-0.2, 0) is 6.54 Å². The van der Waals surface area contributed by atoms with Crippen molar-refractivity contribution in [3.05, 3.63) is 40.6 Å². The highest BCUT2D eigenvalue weighted by Gasteiger charge is 2.05. The van der Waals surface area contributed by atoms with Gasteiger partial charge in [-0.3, -0.25) is 0 Å². The molecule has 0 fully saturated rings. The van der Waals surface area contributed by atoms with Gasteiger partial charge in [0.15, 0.2) is 0 Å². The van der Waals surface area contributed by atoms with Crippen molar-refractivity contribution in [2.45, 2.75) is 26.4 Å². The van der Waals surface area contributed by atoms with E-state index in [1.54, 1.807) is 4.68 Å². The van der Waals surface area contributed by atoms with Crippen LogP contribution in [-0.4, -0.2) is 21.0 Å². The summed E-state index contributed by atoms with van der Waals surface area (Å²) in [5, 5.41) is 11.6. The van der Waals surface area contributed by atoms with E-state index in [9.17, 15) is 0 Å². The van der Waals surface area contributed by atoms with Gasteiger partial charge in [0.1, 0.15) is 0 Å². The van der Waals surface area contributed by atoms with Crippen LogP contribution in [0.25, 0.3) is 5.69 Å². The zero-order valence-electron chi connectivity index (χ0n) is 9.89. The van der Waals surface area contributed by atoms with Crippen molar-refractivity contribution in [2.75, 3.05) is 0 Å². The summed E-state index contributed by atoms with van der Waals surface area (Å²) in [6, 6.07) is 8.39. The van der Waals surface area contributed by atoms with E-state index in [1.165, 1.54) is 0 Å². The fourth-order valence-corrected chi connectivity index (χ4v) is 1.91. The molecule has 0 amide bonds. The Morgan fingerprint density at radius 2 is 2.12 bits per heavy atom. The molecule has 0 saturated carbocycles. The molecule has 1 heterocycles. The first kappa shape index (κ1) is 12.3. The lowest BCUT2D eigenvalue weighted by Gasteiger charge is -2.04. The zero-order valence-corrected chi connectivity index (χ0v) is 11.5. The van der Waals surface area contributed by atoms with Crippen molar-refractivity contribution in [1.82, 2.24) is 20.3 Å². The minimum absolute atomic E-state index is 0.448. The Hall–Kier alpha value is -1.20. The molecule has 17 heavy (non-hydrogen) atoms. The van der Waals surface area contributed by atoms with Crippen LogP contribution in [0.1, 0.15) is 19.5 Å². The summed E-state index contributed by atoms with van der Waals surface area (Å²) in [4.78, 5) is 0. The number of rotatable bonds is 4. The molecule has 0 saturated heterocycles. The molecule has 1 aromatic heterocycles. The highest BCUT2D eigenvalue weighted by atomic mass is 79.9. The summed E-state index contributed by atoms with van der Waals surface area (Å²) in [5.74, 6) is 0. The lowest BCUT2D eigenvalue weighted by molar-refractivity contribution is 0.580. The van der Waals surface area contributed by atoms with Gasteiger partial charge in [-0.1, -0.05) is 31.2 Å². The molecule has 0 unspecified atom stereocenters. The van der Waals surface area contributed by atoms with Crippen LogP contribution in [0.2, 0.25) is 0 Å². The molecule has 1 N–H and O–H groups in total. The maximum atomic E-state index is 4.14. The van der Waals surface area contributed by atoms with E-state index in [0.29, 0.717) is 6.04 Å². The number of aromatic nitrogens is 3. The third-order valence-corrected chi connectivity index (χ3v) is 3.00. The molecular weight excluding hydrogens is 280 g/mol. The SMILES string of the molecule is CC(C)NCc1cn(-c2ccccc2Br)nn1. The monoisotopic (exact) mass is 294 g/mol. The van der Waals surface area contributed by atoms with Gasteiger partial charge in [-0.15, -0.1) is 5.10 Å². The fraction of sp³-hybridized carbons (Fsp3) is 0.333. The predicted octanol–water partition coefficient (Wildman–Crippen LogP) is 2.53. The molecule has 0 bridgehead atoms. The van der Waals surface area contributed by atoms with Gasteiger partial charge in [-0.05, 0) is 28.1 Å². The molecular formula is C12H15BrN4. The minimum Gasteiger partial charge on any atom is -0.309 e. The van der Waals surface area contributed by atoms with Crippen LogP contribution in [0.4, 0.5) is 0 Å². The summed E-state index contributed by atoms with van der Waals surface area (Å²) in [6.07, 6.45) is 1.94. The number of hydrogen-bond acceptors (Lipinski definition) is 3. The molecule has 2 rings (SSSR count). The largest absolute Gasteiger partial charge is 0.309 e. The molecule has 5 heteroatoms. The van der Waals surface area contributed by atoms with Crippen LogP contribution >= 0.6 is 15.9 Å². The Labute approximate surface area is 109 Å². The average Bonchev–Trinajstić information content (AvgIpc) is 2.75. The van der Waals surface area contributed by atoms with E-state index in [1.807, 2.05) is 30.5 Å². The third-order valence-electron chi connectivity index (χ3n) is 2.33. The Morgan fingerprint density at radius 1 is 1.35 bits per heavy atom. The Kier molecular flexibility index (Phi) is 3.91. The van der Waals surface area contributed by atoms with Crippen LogP contribution in [0, 0.1) is 0 Å². The second-order valence-electron chi connectivity index (χ2n) is 4.14. The summed E-state index contributed by atoms with van der Waals surface area (Å²) < 4.78 is 2.79. The maximum Gasteiger partial charge on any atom is 0.0969 e. The second-order valence-corrected chi connectivity index (χ2v) is 5.00. The van der Waals surface area contributed by atoms with Crippen LogP contribution in [0.5, 0.6) is 0 Å². The Morgan fingerprint density at radius 3 is 2.82 bits per heavy atom. The number of nitrogens with one attached hydrogen (secondary N) is 1. The number of benzene rings is 1. The normalized spacial score (nSPS) is 11.1. The first-order valence-corrected chi connectivity index (χ1v) is 6.35. The fourth-order valence-electron chi connectivity index (χ4n) is 1.44. The Balaban J connectivity index is 2.16. The van der Waals surface area contributed by atoms with Crippen molar-refractivity contribution in [1.29, 1.82) is 0 Å². The summed E-state index contributed by atoms with van der Waals surface area (Å²) in [6.45, 7) is 4.96. The zero-order chi connectivity index (χ0) is 12.3. The summed E-state index contributed by atoms with van der Waals surface area (Å²) in [7, 11) is 0. The molecule has 0 atom stereocenters. The van der Waals surface area contributed by atoms with Gasteiger partial charge in [0.05, 0.1) is 17.6 Å². The molecule has 2 aromatic rings.